The molecule has 0 N–H and O–H groups in total. The highest BCUT2D eigenvalue weighted by Gasteiger charge is 2.27. The zero-order valence-corrected chi connectivity index (χ0v) is 13.9. The first-order chi connectivity index (χ1) is 10.4. The van der Waals surface area contributed by atoms with Gasteiger partial charge in [-0.15, -0.1) is 0 Å². The molecule has 0 aromatic heterocycles. The summed E-state index contributed by atoms with van der Waals surface area (Å²) < 4.78 is 0. The Labute approximate surface area is 140 Å². The molecule has 2 rings (SSSR count). The number of Topliss-reactive ketones (excluding diaryl/α,β-unsaturated/α-hetero) is 2. The fourth-order valence-electron chi connectivity index (χ4n) is 2.21. The van der Waals surface area contributed by atoms with Gasteiger partial charge in [0.2, 0.25) is 0 Å². The highest BCUT2D eigenvalue weighted by atomic mass is 35.5. The zero-order chi connectivity index (χ0) is 16.3. The summed E-state index contributed by atoms with van der Waals surface area (Å²) in [6.07, 6.45) is 0. The molecule has 114 valence electrons. The Hall–Kier alpha value is -1.64. The molecule has 0 radical (unpaired) electrons. The SMILES string of the molecule is C[C@H](C(=O)c1ccc(Cl)cc1)[C@H](C)C(=O)c1ccc(Cl)cc1. The van der Waals surface area contributed by atoms with Crippen LogP contribution in [-0.4, -0.2) is 11.6 Å². The van der Waals surface area contributed by atoms with Gasteiger partial charge in [0, 0.05) is 33.0 Å². The molecule has 2 aromatic rings. The number of benzene rings is 2. The Morgan fingerprint density at radius 1 is 0.682 bits per heavy atom. The first kappa shape index (κ1) is 16.7. The Morgan fingerprint density at radius 3 is 1.23 bits per heavy atom. The molecule has 0 unspecified atom stereocenters. The normalized spacial score (nSPS) is 13.5. The van der Waals surface area contributed by atoms with Crippen molar-refractivity contribution in [3.63, 3.8) is 0 Å². The van der Waals surface area contributed by atoms with Crippen LogP contribution in [0.3, 0.4) is 0 Å². The molecule has 0 aliphatic heterocycles. The van der Waals surface area contributed by atoms with Crippen LogP contribution >= 0.6 is 23.2 Å². The van der Waals surface area contributed by atoms with Gasteiger partial charge in [-0.1, -0.05) is 37.0 Å². The summed E-state index contributed by atoms with van der Waals surface area (Å²) >= 11 is 11.7. The van der Waals surface area contributed by atoms with E-state index in [2.05, 4.69) is 0 Å². The summed E-state index contributed by atoms with van der Waals surface area (Å²) in [7, 11) is 0. The number of rotatable bonds is 5. The van der Waals surface area contributed by atoms with Gasteiger partial charge in [-0.25, -0.2) is 0 Å². The first-order valence-corrected chi connectivity index (χ1v) is 7.75. The fourth-order valence-corrected chi connectivity index (χ4v) is 2.46. The highest BCUT2D eigenvalue weighted by molar-refractivity contribution is 6.31. The van der Waals surface area contributed by atoms with Gasteiger partial charge < -0.3 is 0 Å². The molecule has 2 aromatic carbocycles. The van der Waals surface area contributed by atoms with Gasteiger partial charge in [0.25, 0.3) is 0 Å². The third-order valence-electron chi connectivity index (χ3n) is 3.83. The molecule has 0 spiro atoms. The second-order valence-electron chi connectivity index (χ2n) is 5.32. The molecule has 0 aliphatic rings. The Balaban J connectivity index is 2.15. The van der Waals surface area contributed by atoms with E-state index in [1.54, 1.807) is 62.4 Å². The van der Waals surface area contributed by atoms with Crippen molar-refractivity contribution in [3.05, 3.63) is 69.7 Å². The fraction of sp³-hybridized carbons (Fsp3) is 0.222. The van der Waals surface area contributed by atoms with Gasteiger partial charge >= 0.3 is 0 Å². The van der Waals surface area contributed by atoms with Crippen molar-refractivity contribution in [2.45, 2.75) is 13.8 Å². The summed E-state index contributed by atoms with van der Waals surface area (Å²) in [5.74, 6) is -0.952. The maximum Gasteiger partial charge on any atom is 0.166 e. The molecule has 0 fully saturated rings. The van der Waals surface area contributed by atoms with E-state index in [0.717, 1.165) is 0 Å². The molecule has 4 heteroatoms. The molecular weight excluding hydrogens is 319 g/mol. The molecule has 2 nitrogen and oxygen atoms in total. The predicted octanol–water partition coefficient (Wildman–Crippen LogP) is 5.33. The lowest BCUT2D eigenvalue weighted by atomic mass is 9.83. The van der Waals surface area contributed by atoms with Crippen molar-refractivity contribution in [3.8, 4) is 0 Å². The molecule has 0 aliphatic carbocycles. The second kappa shape index (κ2) is 7.08. The summed E-state index contributed by atoms with van der Waals surface area (Å²) in [6.45, 7) is 3.55. The molecule has 0 heterocycles. The summed E-state index contributed by atoms with van der Waals surface area (Å²) in [5.41, 5.74) is 1.13. The van der Waals surface area contributed by atoms with Crippen molar-refractivity contribution in [1.29, 1.82) is 0 Å². The van der Waals surface area contributed by atoms with E-state index in [1.165, 1.54) is 0 Å². The third kappa shape index (κ3) is 3.76. The molecule has 0 amide bonds. The Kier molecular flexibility index (Phi) is 5.38. The average molecular weight is 335 g/mol. The first-order valence-electron chi connectivity index (χ1n) is 6.99. The quantitative estimate of drug-likeness (QED) is 0.692. The number of halogens is 2. The second-order valence-corrected chi connectivity index (χ2v) is 6.19. The monoisotopic (exact) mass is 334 g/mol. The van der Waals surface area contributed by atoms with Crippen molar-refractivity contribution in [2.24, 2.45) is 11.8 Å². The van der Waals surface area contributed by atoms with Crippen LogP contribution < -0.4 is 0 Å². The van der Waals surface area contributed by atoms with E-state index in [9.17, 15) is 9.59 Å². The predicted molar refractivity (Wildman–Crippen MR) is 89.9 cm³/mol. The topological polar surface area (TPSA) is 34.1 Å². The number of hydrogen-bond acceptors (Lipinski definition) is 2. The summed E-state index contributed by atoms with van der Waals surface area (Å²) in [5, 5.41) is 1.16. The minimum absolute atomic E-state index is 0.0634. The average Bonchev–Trinajstić information content (AvgIpc) is 2.53. The number of ketones is 2. The van der Waals surface area contributed by atoms with Gasteiger partial charge in [0.1, 0.15) is 0 Å². The highest BCUT2D eigenvalue weighted by Crippen LogP contribution is 2.23. The maximum atomic E-state index is 12.5. The lowest BCUT2D eigenvalue weighted by Gasteiger charge is -2.18. The van der Waals surface area contributed by atoms with Crippen molar-refractivity contribution in [2.75, 3.05) is 0 Å². The summed E-state index contributed by atoms with van der Waals surface area (Å²) in [4.78, 5) is 24.9. The molecule has 0 saturated carbocycles. The zero-order valence-electron chi connectivity index (χ0n) is 12.3. The van der Waals surface area contributed by atoms with Crippen LogP contribution in [0, 0.1) is 11.8 Å². The van der Waals surface area contributed by atoms with E-state index in [4.69, 9.17) is 23.2 Å². The largest absolute Gasteiger partial charge is 0.294 e. The van der Waals surface area contributed by atoms with Crippen molar-refractivity contribution < 1.29 is 9.59 Å². The van der Waals surface area contributed by atoms with Crippen LogP contribution in [0.25, 0.3) is 0 Å². The minimum Gasteiger partial charge on any atom is -0.294 e. The Morgan fingerprint density at radius 2 is 0.955 bits per heavy atom. The van der Waals surface area contributed by atoms with Gasteiger partial charge in [0.15, 0.2) is 11.6 Å². The smallest absolute Gasteiger partial charge is 0.166 e. The lowest BCUT2D eigenvalue weighted by Crippen LogP contribution is -2.25. The molecular formula is C18H16Cl2O2. The van der Waals surface area contributed by atoms with Crippen LogP contribution in [0.1, 0.15) is 34.6 Å². The van der Waals surface area contributed by atoms with Gasteiger partial charge in [-0.2, -0.15) is 0 Å². The van der Waals surface area contributed by atoms with Gasteiger partial charge in [-0.3, -0.25) is 9.59 Å². The third-order valence-corrected chi connectivity index (χ3v) is 4.34. The number of carbonyl (C=O) groups is 2. The number of carbonyl (C=O) groups excluding carboxylic acids is 2. The van der Waals surface area contributed by atoms with E-state index in [-0.39, 0.29) is 11.6 Å². The molecule has 22 heavy (non-hydrogen) atoms. The summed E-state index contributed by atoms with van der Waals surface area (Å²) in [6, 6.07) is 13.4. The van der Waals surface area contributed by atoms with Crippen LogP contribution in [-0.2, 0) is 0 Å². The van der Waals surface area contributed by atoms with Crippen LogP contribution in [0.4, 0.5) is 0 Å². The molecule has 0 saturated heterocycles. The molecule has 2 atom stereocenters. The van der Waals surface area contributed by atoms with Crippen LogP contribution in [0.5, 0.6) is 0 Å². The Bertz CT molecular complexity index is 614. The molecule has 0 bridgehead atoms. The standard InChI is InChI=1S/C18H16Cl2O2/c1-11(17(21)13-3-7-15(19)8-4-13)12(2)18(22)14-5-9-16(20)10-6-14/h3-12H,1-2H3/t11-,12-/m0/s1. The van der Waals surface area contributed by atoms with Crippen molar-refractivity contribution >= 4 is 34.8 Å². The van der Waals surface area contributed by atoms with E-state index in [1.807, 2.05) is 0 Å². The van der Waals surface area contributed by atoms with E-state index >= 15 is 0 Å². The van der Waals surface area contributed by atoms with Crippen molar-refractivity contribution in [1.82, 2.24) is 0 Å². The maximum absolute atomic E-state index is 12.5. The number of hydrogen-bond donors (Lipinski definition) is 0. The van der Waals surface area contributed by atoms with E-state index in [0.29, 0.717) is 21.2 Å². The van der Waals surface area contributed by atoms with E-state index < -0.39 is 11.8 Å². The lowest BCUT2D eigenvalue weighted by molar-refractivity contribution is 0.0794. The van der Waals surface area contributed by atoms with Crippen LogP contribution in [0.15, 0.2) is 48.5 Å². The van der Waals surface area contributed by atoms with Gasteiger partial charge in [-0.05, 0) is 48.5 Å². The van der Waals surface area contributed by atoms with Crippen LogP contribution in [0.2, 0.25) is 10.0 Å². The minimum atomic E-state index is -0.413. The van der Waals surface area contributed by atoms with Gasteiger partial charge in [0.05, 0.1) is 0 Å².